The summed E-state index contributed by atoms with van der Waals surface area (Å²) in [7, 11) is 2.01. The van der Waals surface area contributed by atoms with E-state index in [9.17, 15) is 8.78 Å². The molecule has 0 radical (unpaired) electrons. The molecule has 0 aromatic heterocycles. The van der Waals surface area contributed by atoms with Gasteiger partial charge in [0.1, 0.15) is 11.6 Å². The molecule has 1 fully saturated rings. The summed E-state index contributed by atoms with van der Waals surface area (Å²) in [4.78, 5) is 8.88. The molecular formula is C25H26ClF2N3. The molecule has 0 atom stereocenters. The highest BCUT2D eigenvalue weighted by Gasteiger charge is 2.25. The highest BCUT2D eigenvalue weighted by atomic mass is 35.5. The van der Waals surface area contributed by atoms with E-state index in [4.69, 9.17) is 11.6 Å². The van der Waals surface area contributed by atoms with E-state index < -0.39 is 11.6 Å². The van der Waals surface area contributed by atoms with Crippen molar-refractivity contribution in [1.29, 1.82) is 0 Å². The lowest BCUT2D eigenvalue weighted by Gasteiger charge is -2.39. The number of nitrogens with zero attached hydrogens (tertiary/aromatic N) is 3. The fraction of sp³-hybridized carbons (Fsp3) is 0.240. The molecule has 31 heavy (non-hydrogen) atoms. The van der Waals surface area contributed by atoms with Gasteiger partial charge >= 0.3 is 0 Å². The van der Waals surface area contributed by atoms with Crippen molar-refractivity contribution in [2.75, 3.05) is 25.0 Å². The number of likely N-dealkylation sites (tertiary alicyclic amines) is 1. The number of hydrogen-bond donors (Lipinski definition) is 0. The third-order valence-electron chi connectivity index (χ3n) is 5.64. The summed E-state index contributed by atoms with van der Waals surface area (Å²) in [5.41, 5.74) is 3.11. The Hall–Kier alpha value is -2.92. The molecule has 0 bridgehead atoms. The number of benzene rings is 2. The van der Waals surface area contributed by atoms with Gasteiger partial charge in [-0.3, -0.25) is 4.99 Å². The van der Waals surface area contributed by atoms with Crippen LogP contribution < -0.4 is 4.90 Å². The van der Waals surface area contributed by atoms with Gasteiger partial charge < -0.3 is 9.80 Å². The molecule has 6 heteroatoms. The summed E-state index contributed by atoms with van der Waals surface area (Å²) in [6, 6.07) is 7.27. The molecule has 3 rings (SSSR count). The predicted molar refractivity (Wildman–Crippen MR) is 127 cm³/mol. The lowest BCUT2D eigenvalue weighted by atomic mass is 10.00. The summed E-state index contributed by atoms with van der Waals surface area (Å²) in [5, 5.41) is 0.377. The standard InChI is InChI=1S/C25H26ClF2N3/c1-5-11-29-24-15-21(20-8-7-18(27)14-23(20)28)22(26)16-25(24)30(4)19-9-12-31(13-10-19)17(3)6-2/h5-8,11,14-16,19H,1-3,9-10,12-13H2,4H3/b29-11-. The van der Waals surface area contributed by atoms with Gasteiger partial charge in [0, 0.05) is 55.3 Å². The van der Waals surface area contributed by atoms with E-state index in [2.05, 4.69) is 34.5 Å². The Morgan fingerprint density at radius 3 is 2.48 bits per heavy atom. The van der Waals surface area contributed by atoms with Crippen LogP contribution in [0.3, 0.4) is 0 Å². The molecule has 1 aliphatic heterocycles. The van der Waals surface area contributed by atoms with Gasteiger partial charge in [-0.1, -0.05) is 37.4 Å². The van der Waals surface area contributed by atoms with Crippen LogP contribution in [-0.2, 0) is 0 Å². The summed E-state index contributed by atoms with van der Waals surface area (Å²) in [6.07, 6.45) is 6.83. The topological polar surface area (TPSA) is 18.8 Å². The van der Waals surface area contributed by atoms with Crippen LogP contribution in [0, 0.1) is 11.6 Å². The normalized spacial score (nSPS) is 14.6. The molecule has 0 N–H and O–H groups in total. The van der Waals surface area contributed by atoms with Crippen LogP contribution in [0.1, 0.15) is 12.8 Å². The molecule has 162 valence electrons. The average molecular weight is 442 g/mol. The first kappa shape index (κ1) is 22.8. The molecule has 0 saturated carbocycles. The number of aliphatic imine (C=N–C) groups is 1. The van der Waals surface area contributed by atoms with E-state index in [-0.39, 0.29) is 11.6 Å². The SMILES string of the molecule is C=C/C=N\c1cc(-c2ccc(F)cc2F)c(Cl)cc1N(C)C1CCN(C(=C)C=C)CC1. The van der Waals surface area contributed by atoms with Crippen molar-refractivity contribution in [2.45, 2.75) is 18.9 Å². The highest BCUT2D eigenvalue weighted by molar-refractivity contribution is 6.34. The molecule has 2 aromatic rings. The molecule has 0 spiro atoms. The first-order valence-electron chi connectivity index (χ1n) is 10.1. The minimum Gasteiger partial charge on any atom is -0.372 e. The molecule has 2 aromatic carbocycles. The maximum Gasteiger partial charge on any atom is 0.133 e. The van der Waals surface area contributed by atoms with Crippen LogP contribution in [-0.4, -0.2) is 37.3 Å². The molecule has 1 heterocycles. The van der Waals surface area contributed by atoms with Crippen LogP contribution >= 0.6 is 11.6 Å². The van der Waals surface area contributed by atoms with Gasteiger partial charge in [-0.15, -0.1) is 0 Å². The second-order valence-electron chi connectivity index (χ2n) is 7.48. The smallest absolute Gasteiger partial charge is 0.133 e. The number of allylic oxidation sites excluding steroid dienone is 2. The molecule has 1 saturated heterocycles. The number of hydrogen-bond acceptors (Lipinski definition) is 3. The molecule has 0 amide bonds. The van der Waals surface area contributed by atoms with E-state index >= 15 is 0 Å². The van der Waals surface area contributed by atoms with Crippen molar-refractivity contribution in [2.24, 2.45) is 4.99 Å². The number of anilines is 1. The van der Waals surface area contributed by atoms with Crippen LogP contribution in [0.5, 0.6) is 0 Å². The van der Waals surface area contributed by atoms with Crippen molar-refractivity contribution in [3.8, 4) is 11.1 Å². The van der Waals surface area contributed by atoms with Gasteiger partial charge in [-0.2, -0.15) is 0 Å². The lowest BCUT2D eigenvalue weighted by Crippen LogP contribution is -2.42. The Kier molecular flexibility index (Phi) is 7.29. The zero-order valence-electron chi connectivity index (χ0n) is 17.6. The minimum atomic E-state index is -0.670. The van der Waals surface area contributed by atoms with Gasteiger partial charge in [-0.05, 0) is 43.2 Å². The predicted octanol–water partition coefficient (Wildman–Crippen LogP) is 6.77. The van der Waals surface area contributed by atoms with Crippen LogP contribution in [0.2, 0.25) is 5.02 Å². The Balaban J connectivity index is 1.95. The fourth-order valence-electron chi connectivity index (χ4n) is 3.85. The van der Waals surface area contributed by atoms with Crippen molar-refractivity contribution >= 4 is 29.2 Å². The van der Waals surface area contributed by atoms with E-state index in [0.717, 1.165) is 43.4 Å². The van der Waals surface area contributed by atoms with E-state index in [1.54, 1.807) is 30.5 Å². The minimum absolute atomic E-state index is 0.229. The Morgan fingerprint density at radius 2 is 1.87 bits per heavy atom. The molecule has 3 nitrogen and oxygen atoms in total. The van der Waals surface area contributed by atoms with Gasteiger partial charge in [0.2, 0.25) is 0 Å². The van der Waals surface area contributed by atoms with Crippen molar-refractivity contribution in [1.82, 2.24) is 4.90 Å². The monoisotopic (exact) mass is 441 g/mol. The number of piperidine rings is 1. The third kappa shape index (κ3) is 5.05. The Labute approximate surface area is 187 Å². The Bertz CT molecular complexity index is 1020. The van der Waals surface area contributed by atoms with Crippen molar-refractivity contribution in [3.63, 3.8) is 0 Å². The summed E-state index contributed by atoms with van der Waals surface area (Å²) >= 11 is 6.56. The van der Waals surface area contributed by atoms with Crippen LogP contribution in [0.25, 0.3) is 11.1 Å². The van der Waals surface area contributed by atoms with Gasteiger partial charge in [0.25, 0.3) is 0 Å². The lowest BCUT2D eigenvalue weighted by molar-refractivity contribution is 0.268. The maximum absolute atomic E-state index is 14.4. The van der Waals surface area contributed by atoms with Crippen LogP contribution in [0.15, 0.2) is 72.9 Å². The van der Waals surface area contributed by atoms with Crippen molar-refractivity contribution < 1.29 is 8.78 Å². The number of halogens is 3. The van der Waals surface area contributed by atoms with E-state index in [1.165, 1.54) is 12.1 Å². The van der Waals surface area contributed by atoms with Gasteiger partial charge in [0.05, 0.1) is 16.4 Å². The maximum atomic E-state index is 14.4. The fourth-order valence-corrected chi connectivity index (χ4v) is 4.11. The average Bonchev–Trinajstić information content (AvgIpc) is 2.77. The summed E-state index contributed by atoms with van der Waals surface area (Å²) in [5.74, 6) is -1.31. The zero-order valence-corrected chi connectivity index (χ0v) is 18.4. The Morgan fingerprint density at radius 1 is 1.16 bits per heavy atom. The van der Waals surface area contributed by atoms with Gasteiger partial charge in [0.15, 0.2) is 0 Å². The quantitative estimate of drug-likeness (QED) is 0.348. The molecular weight excluding hydrogens is 416 g/mol. The first-order chi connectivity index (χ1) is 14.8. The molecule has 0 aliphatic carbocycles. The molecule has 1 aliphatic rings. The summed E-state index contributed by atoms with van der Waals surface area (Å²) < 4.78 is 27.8. The largest absolute Gasteiger partial charge is 0.372 e. The first-order valence-corrected chi connectivity index (χ1v) is 10.5. The van der Waals surface area contributed by atoms with E-state index in [1.807, 2.05) is 7.05 Å². The zero-order chi connectivity index (χ0) is 22.5. The second-order valence-corrected chi connectivity index (χ2v) is 7.89. The highest BCUT2D eigenvalue weighted by Crippen LogP contribution is 2.41. The van der Waals surface area contributed by atoms with E-state index in [0.29, 0.717) is 16.3 Å². The molecule has 0 unspecified atom stereocenters. The number of rotatable bonds is 7. The summed E-state index contributed by atoms with van der Waals surface area (Å²) in [6.45, 7) is 13.3. The van der Waals surface area contributed by atoms with Gasteiger partial charge in [-0.25, -0.2) is 8.78 Å². The third-order valence-corrected chi connectivity index (χ3v) is 5.95. The van der Waals surface area contributed by atoms with Crippen LogP contribution in [0.4, 0.5) is 20.2 Å². The second kappa shape index (κ2) is 9.92. The van der Waals surface area contributed by atoms with Crippen molar-refractivity contribution in [3.05, 3.63) is 84.6 Å².